The lowest BCUT2D eigenvalue weighted by Gasteiger charge is -1.97. The number of hydrogen-bond acceptors (Lipinski definition) is 4. The molecule has 0 aliphatic rings. The fourth-order valence-electron chi connectivity index (χ4n) is 1.17. The predicted molar refractivity (Wildman–Crippen MR) is 46.0 cm³/mol. The van der Waals surface area contributed by atoms with Crippen molar-refractivity contribution in [1.29, 1.82) is 0 Å². The first-order valence-corrected chi connectivity index (χ1v) is 3.90. The van der Waals surface area contributed by atoms with Crippen molar-refractivity contribution < 1.29 is 15.0 Å². The molecule has 2 aromatic rings. The van der Waals surface area contributed by atoms with Crippen LogP contribution in [0.15, 0.2) is 18.6 Å². The molecule has 6 heteroatoms. The second-order valence-corrected chi connectivity index (χ2v) is 2.83. The van der Waals surface area contributed by atoms with Crippen molar-refractivity contribution in [3.05, 3.63) is 24.2 Å². The maximum Gasteiger partial charge on any atom is 0.307 e. The Bertz CT molecular complexity index is 492. The molecule has 14 heavy (non-hydrogen) atoms. The van der Waals surface area contributed by atoms with Crippen LogP contribution in [0.5, 0.6) is 5.75 Å². The molecule has 0 saturated carbocycles. The first-order valence-electron chi connectivity index (χ1n) is 3.90. The summed E-state index contributed by atoms with van der Waals surface area (Å²) in [6.45, 7) is 0. The monoisotopic (exact) mass is 193 g/mol. The van der Waals surface area contributed by atoms with Crippen molar-refractivity contribution in [1.82, 2.24) is 14.6 Å². The van der Waals surface area contributed by atoms with Gasteiger partial charge in [-0.2, -0.15) is 5.10 Å². The van der Waals surface area contributed by atoms with Gasteiger partial charge in [0.25, 0.3) is 0 Å². The molecule has 0 aliphatic carbocycles. The minimum atomic E-state index is -0.928. The summed E-state index contributed by atoms with van der Waals surface area (Å²) in [5, 5.41) is 21.6. The van der Waals surface area contributed by atoms with Crippen molar-refractivity contribution >= 4 is 11.6 Å². The van der Waals surface area contributed by atoms with Gasteiger partial charge in [-0.15, -0.1) is 0 Å². The fraction of sp³-hybridized carbons (Fsp3) is 0.125. The molecule has 0 unspecified atom stereocenters. The summed E-state index contributed by atoms with van der Waals surface area (Å²) in [5.74, 6) is -0.950. The summed E-state index contributed by atoms with van der Waals surface area (Å²) in [4.78, 5) is 14.3. The van der Waals surface area contributed by atoms with E-state index < -0.39 is 5.97 Å². The van der Waals surface area contributed by atoms with Crippen LogP contribution in [0.4, 0.5) is 0 Å². The Labute approximate surface area is 78.4 Å². The smallest absolute Gasteiger partial charge is 0.307 e. The van der Waals surface area contributed by atoms with E-state index in [9.17, 15) is 9.90 Å². The number of aliphatic carboxylic acids is 1. The number of carbonyl (C=O) groups is 1. The molecule has 2 rings (SSSR count). The lowest BCUT2D eigenvalue weighted by Crippen LogP contribution is -2.02. The fourth-order valence-corrected chi connectivity index (χ4v) is 1.17. The van der Waals surface area contributed by atoms with Crippen LogP contribution in [-0.4, -0.2) is 30.8 Å². The molecular formula is C8H7N3O3. The summed E-state index contributed by atoms with van der Waals surface area (Å²) in [6, 6.07) is 0. The summed E-state index contributed by atoms with van der Waals surface area (Å²) in [5.41, 5.74) is 0.854. The molecule has 0 aliphatic heterocycles. The molecule has 2 N–H and O–H groups in total. The Balaban J connectivity index is 2.46. The summed E-state index contributed by atoms with van der Waals surface area (Å²) in [6.07, 6.45) is 4.08. The highest BCUT2D eigenvalue weighted by Gasteiger charge is 2.06. The molecule has 0 bridgehead atoms. The van der Waals surface area contributed by atoms with E-state index >= 15 is 0 Å². The van der Waals surface area contributed by atoms with Gasteiger partial charge in [0, 0.05) is 12.4 Å². The first-order chi connectivity index (χ1) is 6.66. The molecule has 0 atom stereocenters. The van der Waals surface area contributed by atoms with Crippen LogP contribution < -0.4 is 0 Å². The molecule has 6 nitrogen and oxygen atoms in total. The van der Waals surface area contributed by atoms with E-state index in [0.29, 0.717) is 11.2 Å². The van der Waals surface area contributed by atoms with Gasteiger partial charge < -0.3 is 10.2 Å². The van der Waals surface area contributed by atoms with E-state index in [1.165, 1.54) is 23.1 Å². The summed E-state index contributed by atoms with van der Waals surface area (Å²) < 4.78 is 1.34. The zero-order valence-corrected chi connectivity index (χ0v) is 7.08. The van der Waals surface area contributed by atoms with Gasteiger partial charge in [-0.3, -0.25) is 4.79 Å². The zero-order valence-electron chi connectivity index (χ0n) is 7.08. The lowest BCUT2D eigenvalue weighted by atomic mass is 10.2. The van der Waals surface area contributed by atoms with Crippen LogP contribution in [0.3, 0.4) is 0 Å². The van der Waals surface area contributed by atoms with Crippen LogP contribution in [0.25, 0.3) is 5.65 Å². The van der Waals surface area contributed by atoms with Gasteiger partial charge in [-0.25, -0.2) is 9.50 Å². The van der Waals surface area contributed by atoms with E-state index in [1.54, 1.807) is 0 Å². The second kappa shape index (κ2) is 2.99. The van der Waals surface area contributed by atoms with E-state index in [-0.39, 0.29) is 12.2 Å². The molecule has 0 radical (unpaired) electrons. The number of fused-ring (bicyclic) bond motifs is 1. The molecule has 72 valence electrons. The maximum absolute atomic E-state index is 10.4. The van der Waals surface area contributed by atoms with E-state index in [0.717, 1.165) is 0 Å². The highest BCUT2D eigenvalue weighted by atomic mass is 16.4. The summed E-state index contributed by atoms with van der Waals surface area (Å²) >= 11 is 0. The molecule has 2 aromatic heterocycles. The number of rotatable bonds is 2. The molecule has 0 aromatic carbocycles. The molecule has 0 amide bonds. The van der Waals surface area contributed by atoms with Crippen LogP contribution in [0.2, 0.25) is 0 Å². The molecule has 0 spiro atoms. The highest BCUT2D eigenvalue weighted by Crippen LogP contribution is 2.14. The van der Waals surface area contributed by atoms with E-state index in [2.05, 4.69) is 10.1 Å². The minimum absolute atomic E-state index is 0.0214. The Morgan fingerprint density at radius 3 is 3.00 bits per heavy atom. The highest BCUT2D eigenvalue weighted by molar-refractivity contribution is 5.70. The molecule has 0 saturated heterocycles. The Kier molecular flexibility index (Phi) is 1.81. The third-order valence-electron chi connectivity index (χ3n) is 1.75. The zero-order chi connectivity index (χ0) is 10.1. The third-order valence-corrected chi connectivity index (χ3v) is 1.75. The number of carboxylic acid groups (broad SMARTS) is 1. The maximum atomic E-state index is 10.4. The van der Waals surface area contributed by atoms with Gasteiger partial charge in [0.1, 0.15) is 0 Å². The number of hydrogen-bond donors (Lipinski definition) is 2. The van der Waals surface area contributed by atoms with Crippen LogP contribution in [-0.2, 0) is 11.2 Å². The third kappa shape index (κ3) is 1.37. The number of carboxylic acids is 1. The number of aromatic nitrogens is 3. The Morgan fingerprint density at radius 2 is 2.29 bits per heavy atom. The van der Waals surface area contributed by atoms with Gasteiger partial charge in [0.15, 0.2) is 11.4 Å². The average Bonchev–Trinajstić information content (AvgIpc) is 2.46. The number of aromatic hydroxyl groups is 1. The van der Waals surface area contributed by atoms with Crippen LogP contribution in [0.1, 0.15) is 5.56 Å². The topological polar surface area (TPSA) is 87.7 Å². The normalized spacial score (nSPS) is 10.6. The van der Waals surface area contributed by atoms with Gasteiger partial charge in [-0.1, -0.05) is 0 Å². The lowest BCUT2D eigenvalue weighted by molar-refractivity contribution is -0.136. The van der Waals surface area contributed by atoms with Crippen molar-refractivity contribution in [2.24, 2.45) is 0 Å². The Morgan fingerprint density at radius 1 is 1.50 bits per heavy atom. The molecular weight excluding hydrogens is 186 g/mol. The van der Waals surface area contributed by atoms with Crippen molar-refractivity contribution in [3.8, 4) is 5.75 Å². The Hall–Kier alpha value is -2.11. The molecule has 0 fully saturated rings. The SMILES string of the molecule is O=C(O)Cc1cnc2c(O)cnn2c1. The second-order valence-electron chi connectivity index (χ2n) is 2.83. The van der Waals surface area contributed by atoms with Crippen LogP contribution >= 0.6 is 0 Å². The summed E-state index contributed by atoms with van der Waals surface area (Å²) in [7, 11) is 0. The van der Waals surface area contributed by atoms with Crippen molar-refractivity contribution in [2.45, 2.75) is 6.42 Å². The standard InChI is InChI=1S/C8H7N3O3/c12-6-3-10-11-4-5(1-7(13)14)2-9-8(6)11/h2-4,12H,1H2,(H,13,14). The van der Waals surface area contributed by atoms with Gasteiger partial charge in [-0.05, 0) is 5.56 Å². The predicted octanol–water partition coefficient (Wildman–Crippen LogP) is 0.0620. The molecule has 2 heterocycles. The van der Waals surface area contributed by atoms with Crippen molar-refractivity contribution in [2.75, 3.05) is 0 Å². The van der Waals surface area contributed by atoms with Gasteiger partial charge >= 0.3 is 5.97 Å². The van der Waals surface area contributed by atoms with E-state index in [1.807, 2.05) is 0 Å². The van der Waals surface area contributed by atoms with Crippen molar-refractivity contribution in [3.63, 3.8) is 0 Å². The first kappa shape index (κ1) is 8.49. The quantitative estimate of drug-likeness (QED) is 0.704. The van der Waals surface area contributed by atoms with Gasteiger partial charge in [0.2, 0.25) is 0 Å². The van der Waals surface area contributed by atoms with Gasteiger partial charge in [0.05, 0.1) is 12.6 Å². The van der Waals surface area contributed by atoms with Crippen LogP contribution in [0, 0.1) is 0 Å². The largest absolute Gasteiger partial charge is 0.503 e. The average molecular weight is 193 g/mol. The number of nitrogens with zero attached hydrogens (tertiary/aromatic N) is 3. The van der Waals surface area contributed by atoms with E-state index in [4.69, 9.17) is 5.11 Å². The minimum Gasteiger partial charge on any atom is -0.503 e.